The minimum Gasteiger partial charge on any atom is -0.489 e. The Bertz CT molecular complexity index is 777. The van der Waals surface area contributed by atoms with Crippen molar-refractivity contribution in [1.29, 1.82) is 0 Å². The molecule has 0 heterocycles. The average molecular weight is 495 g/mol. The van der Waals surface area contributed by atoms with Crippen LogP contribution in [0.2, 0.25) is 0 Å². The molecule has 2 rings (SSSR count). The second kappa shape index (κ2) is 13.2. The van der Waals surface area contributed by atoms with Crippen molar-refractivity contribution in [2.45, 2.75) is 45.1 Å². The summed E-state index contributed by atoms with van der Waals surface area (Å²) in [5.74, 6) is 0.700. The Morgan fingerprint density at radius 3 is 2.46 bits per heavy atom. The van der Waals surface area contributed by atoms with Crippen LogP contribution in [0.5, 0.6) is 5.75 Å². The van der Waals surface area contributed by atoms with Crippen molar-refractivity contribution < 1.29 is 19.4 Å². The predicted molar refractivity (Wildman–Crippen MR) is 121 cm³/mol. The van der Waals surface area contributed by atoms with Crippen LogP contribution in [0.3, 0.4) is 0 Å². The van der Waals surface area contributed by atoms with E-state index in [9.17, 15) is 9.59 Å². The molecule has 2 aromatic carbocycles. The number of halogens is 1. The summed E-state index contributed by atoms with van der Waals surface area (Å²) in [4.78, 5) is 23.4. The van der Waals surface area contributed by atoms with Crippen molar-refractivity contribution >= 4 is 40.3 Å². The Hall–Kier alpha value is -2.06. The van der Waals surface area contributed by atoms with E-state index in [1.165, 1.54) is 0 Å². The number of carbonyl (C=O) groups excluding carboxylic acids is 2. The van der Waals surface area contributed by atoms with Crippen LogP contribution in [-0.4, -0.2) is 19.0 Å². The highest BCUT2D eigenvalue weighted by Crippen LogP contribution is 2.19. The fourth-order valence-corrected chi connectivity index (χ4v) is 3.64. The van der Waals surface area contributed by atoms with Gasteiger partial charge in [-0.05, 0) is 51.3 Å². The summed E-state index contributed by atoms with van der Waals surface area (Å²) in [6.07, 6.45) is 4.46. The maximum absolute atomic E-state index is 12.1. The highest BCUT2D eigenvalue weighted by Gasteiger charge is 2.04. The van der Waals surface area contributed by atoms with Gasteiger partial charge in [-0.15, -0.1) is 0 Å². The van der Waals surface area contributed by atoms with Gasteiger partial charge in [-0.1, -0.05) is 49.2 Å². The fraction of sp³-hybridized carbons (Fsp3) is 0.318. The molecule has 0 fully saturated rings. The summed E-state index contributed by atoms with van der Waals surface area (Å²) in [5, 5.41) is 11.5. The molecule has 0 bridgehead atoms. The zero-order chi connectivity index (χ0) is 20.0. The first-order chi connectivity index (χ1) is 13.7. The molecule has 0 aliphatic carbocycles. The molecule has 1 amide bonds. The molecule has 0 atom stereocenters. The lowest BCUT2D eigenvalue weighted by Crippen LogP contribution is -2.11. The van der Waals surface area contributed by atoms with Crippen molar-refractivity contribution in [2.75, 3.05) is 5.32 Å². The van der Waals surface area contributed by atoms with Gasteiger partial charge in [0.15, 0.2) is 3.79 Å². The third-order valence-corrected chi connectivity index (χ3v) is 5.58. The summed E-state index contributed by atoms with van der Waals surface area (Å²) in [6, 6.07) is 17.3. The number of nitrogens with one attached hydrogen (secondary N) is 1. The number of hydrogen-bond donors (Lipinski definition) is 2. The monoisotopic (exact) mass is 495 g/mol. The first-order valence-electron chi connectivity index (χ1n) is 9.36. The van der Waals surface area contributed by atoms with Crippen molar-refractivity contribution in [2.24, 2.45) is 0 Å². The fourth-order valence-electron chi connectivity index (χ4n) is 2.64. The van der Waals surface area contributed by atoms with E-state index in [0.29, 0.717) is 25.2 Å². The number of benzene rings is 2. The van der Waals surface area contributed by atoms with E-state index in [4.69, 9.17) is 9.84 Å². The van der Waals surface area contributed by atoms with Gasteiger partial charge in [0.05, 0.1) is 4.20 Å². The normalized spacial score (nSPS) is 11.0. The summed E-state index contributed by atoms with van der Waals surface area (Å²) < 4.78 is 6.95. The largest absolute Gasteiger partial charge is 0.489 e. The van der Waals surface area contributed by atoms with Crippen LogP contribution < -0.4 is 10.1 Å². The van der Waals surface area contributed by atoms with Gasteiger partial charge in [0.25, 0.3) is 0 Å². The number of carbonyl (C=O) groups is 2. The molecular formula is C22H26INO4. The molecule has 150 valence electrons. The van der Waals surface area contributed by atoms with E-state index >= 15 is 0 Å². The number of anilines is 1. The van der Waals surface area contributed by atoms with Gasteiger partial charge < -0.3 is 15.2 Å². The van der Waals surface area contributed by atoms with Crippen molar-refractivity contribution in [1.82, 2.24) is 0 Å². The quantitative estimate of drug-likeness (QED) is 0.242. The number of unbranched alkanes of at least 4 members (excludes halogenated alkanes) is 3. The summed E-state index contributed by atoms with van der Waals surface area (Å²) in [7, 11) is 0. The Morgan fingerprint density at radius 1 is 0.964 bits per heavy atom. The van der Waals surface area contributed by atoms with Crippen molar-refractivity contribution in [3.63, 3.8) is 0 Å². The van der Waals surface area contributed by atoms with E-state index in [1.54, 1.807) is 0 Å². The molecule has 28 heavy (non-hydrogen) atoms. The summed E-state index contributed by atoms with van der Waals surface area (Å²) >= 11 is -0.803. The van der Waals surface area contributed by atoms with Crippen LogP contribution in [0.25, 0.3) is 0 Å². The number of amides is 1. The number of ether oxygens (including phenoxy) is 1. The topological polar surface area (TPSA) is 75.6 Å². The predicted octanol–water partition coefficient (Wildman–Crippen LogP) is 5.17. The zero-order valence-corrected chi connectivity index (χ0v) is 17.9. The van der Waals surface area contributed by atoms with Gasteiger partial charge >= 0.3 is 0 Å². The molecule has 0 aliphatic rings. The Balaban J connectivity index is 1.65. The van der Waals surface area contributed by atoms with Gasteiger partial charge in [-0.2, -0.15) is 0 Å². The lowest BCUT2D eigenvalue weighted by atomic mass is 10.1. The van der Waals surface area contributed by atoms with Crippen LogP contribution >= 0.6 is 20.7 Å². The molecule has 0 aromatic heterocycles. The van der Waals surface area contributed by atoms with Crippen LogP contribution in [0, 0.1) is 0 Å². The van der Waals surface area contributed by atoms with Crippen LogP contribution in [-0.2, 0) is 16.2 Å². The molecule has 0 radical (unpaired) electrons. The molecule has 0 saturated carbocycles. The van der Waals surface area contributed by atoms with Crippen LogP contribution in [0.4, 0.5) is 5.69 Å². The number of rotatable bonds is 12. The van der Waals surface area contributed by atoms with Gasteiger partial charge in [-0.25, -0.2) is 0 Å². The summed E-state index contributed by atoms with van der Waals surface area (Å²) in [5.41, 5.74) is 1.82. The summed E-state index contributed by atoms with van der Waals surface area (Å²) in [6.45, 7) is 0.485. The highest BCUT2D eigenvalue weighted by atomic mass is 127. The molecule has 5 nitrogen and oxygen atoms in total. The SMILES string of the molecule is O=C(CCCCCCC(=O)I=CO)Nc1cccc(OCc2ccccc2)c1. The Morgan fingerprint density at radius 2 is 1.71 bits per heavy atom. The lowest BCUT2D eigenvalue weighted by molar-refractivity contribution is -0.116. The molecule has 6 heteroatoms. The minimum atomic E-state index is -0.803. The third-order valence-electron chi connectivity index (χ3n) is 4.06. The van der Waals surface area contributed by atoms with Gasteiger partial charge in [0.1, 0.15) is 12.4 Å². The maximum atomic E-state index is 12.1. The molecule has 0 unspecified atom stereocenters. The number of aliphatic hydroxyl groups is 1. The van der Waals surface area contributed by atoms with E-state index < -0.39 is 20.7 Å². The molecule has 0 aliphatic heterocycles. The maximum Gasteiger partial charge on any atom is 0.224 e. The first-order valence-corrected chi connectivity index (χ1v) is 11.7. The molecular weight excluding hydrogens is 469 g/mol. The zero-order valence-electron chi connectivity index (χ0n) is 15.8. The van der Waals surface area contributed by atoms with Gasteiger partial charge in [-0.3, -0.25) is 9.59 Å². The first kappa shape index (κ1) is 22.2. The molecule has 0 saturated heterocycles. The Kier molecular flexibility index (Phi) is 10.5. The van der Waals surface area contributed by atoms with Crippen LogP contribution in [0.1, 0.15) is 44.1 Å². The molecule has 0 spiro atoms. The number of aliphatic hydroxyl groups excluding tert-OH is 1. The third kappa shape index (κ3) is 9.23. The Labute approximate surface area is 175 Å². The van der Waals surface area contributed by atoms with E-state index in [0.717, 1.165) is 41.1 Å². The van der Waals surface area contributed by atoms with E-state index in [-0.39, 0.29) is 9.70 Å². The smallest absolute Gasteiger partial charge is 0.224 e. The lowest BCUT2D eigenvalue weighted by Gasteiger charge is -2.09. The van der Waals surface area contributed by atoms with Gasteiger partial charge in [0, 0.05) is 24.6 Å². The molecule has 2 aromatic rings. The number of hydrogen-bond acceptors (Lipinski definition) is 4. The van der Waals surface area contributed by atoms with E-state index in [2.05, 4.69) is 5.32 Å². The van der Waals surface area contributed by atoms with Crippen molar-refractivity contribution in [3.8, 4) is 5.75 Å². The standard InChI is InChI=1S/C22H26INO4/c25-17-23-21(26)13-6-1-2-7-14-22(27)24-19-11-8-12-20(15-19)28-16-18-9-4-3-5-10-18/h3-5,8-12,15,17,25H,1-2,6-7,13-14,16H2,(H,24,27). The highest BCUT2D eigenvalue weighted by molar-refractivity contribution is 14.2. The molecule has 2 N–H and O–H groups in total. The minimum absolute atomic E-state index is 0.0166. The van der Waals surface area contributed by atoms with Gasteiger partial charge in [0.2, 0.25) is 5.91 Å². The second-order valence-electron chi connectivity index (χ2n) is 6.33. The average Bonchev–Trinajstić information content (AvgIpc) is 2.70. The van der Waals surface area contributed by atoms with E-state index in [1.807, 2.05) is 54.6 Å². The van der Waals surface area contributed by atoms with Crippen molar-refractivity contribution in [3.05, 3.63) is 60.2 Å². The second-order valence-corrected chi connectivity index (χ2v) is 8.71. The van der Waals surface area contributed by atoms with Crippen LogP contribution in [0.15, 0.2) is 54.6 Å².